The third-order valence-corrected chi connectivity index (χ3v) is 4.88. The van der Waals surface area contributed by atoms with Crippen molar-refractivity contribution in [2.24, 2.45) is 0 Å². The van der Waals surface area contributed by atoms with Gasteiger partial charge in [-0.2, -0.15) is 0 Å². The molecular weight excluding hydrogens is 300 g/mol. The smallest absolute Gasteiger partial charge is 0.317 e. The summed E-state index contributed by atoms with van der Waals surface area (Å²) >= 11 is 0. The third-order valence-electron chi connectivity index (χ3n) is 4.88. The van der Waals surface area contributed by atoms with Crippen LogP contribution in [0.3, 0.4) is 0 Å². The molecule has 1 fully saturated rings. The van der Waals surface area contributed by atoms with Crippen molar-refractivity contribution in [2.45, 2.75) is 71.1 Å². The Morgan fingerprint density at radius 2 is 1.67 bits per heavy atom. The lowest BCUT2D eigenvalue weighted by Crippen LogP contribution is -2.43. The summed E-state index contributed by atoms with van der Waals surface area (Å²) in [5, 5.41) is 3.05. The van der Waals surface area contributed by atoms with Gasteiger partial charge in [-0.15, -0.1) is 0 Å². The molecule has 134 valence electrons. The van der Waals surface area contributed by atoms with Crippen LogP contribution >= 0.6 is 0 Å². The lowest BCUT2D eigenvalue weighted by molar-refractivity contribution is 0.134. The van der Waals surface area contributed by atoms with E-state index < -0.39 is 0 Å². The normalized spacial score (nSPS) is 16.2. The van der Waals surface area contributed by atoms with Crippen molar-refractivity contribution in [1.82, 2.24) is 10.2 Å². The van der Waals surface area contributed by atoms with E-state index in [0.717, 1.165) is 25.0 Å². The Morgan fingerprint density at radius 1 is 1.08 bits per heavy atom. The maximum absolute atomic E-state index is 12.4. The first-order valence-electron chi connectivity index (χ1n) is 9.37. The highest BCUT2D eigenvalue weighted by Gasteiger charge is 2.20. The largest absolute Gasteiger partial charge is 0.377 e. The van der Waals surface area contributed by atoms with E-state index in [1.165, 1.54) is 37.7 Å². The van der Waals surface area contributed by atoms with Crippen molar-refractivity contribution in [2.75, 3.05) is 13.7 Å². The molecule has 1 aliphatic rings. The van der Waals surface area contributed by atoms with Gasteiger partial charge in [0.05, 0.1) is 6.61 Å². The van der Waals surface area contributed by atoms with Crippen LogP contribution in [0.4, 0.5) is 4.79 Å². The maximum atomic E-state index is 12.4. The van der Waals surface area contributed by atoms with Gasteiger partial charge in [0.1, 0.15) is 0 Å². The van der Waals surface area contributed by atoms with Gasteiger partial charge in [0, 0.05) is 26.2 Å². The molecule has 1 aromatic rings. The standard InChI is InChI=1S/C20H32N2O2/c1-3-24-16-18-13-11-17(12-14-18)15-21-20(23)22(2)19-9-7-5-4-6-8-10-19/h11-14,19H,3-10,15-16H2,1-2H3,(H,21,23). The van der Waals surface area contributed by atoms with Gasteiger partial charge in [-0.1, -0.05) is 56.4 Å². The molecule has 0 radical (unpaired) electrons. The van der Waals surface area contributed by atoms with Crippen LogP contribution in [0.5, 0.6) is 0 Å². The summed E-state index contributed by atoms with van der Waals surface area (Å²) in [4.78, 5) is 14.3. The van der Waals surface area contributed by atoms with Gasteiger partial charge in [0.15, 0.2) is 0 Å². The summed E-state index contributed by atoms with van der Waals surface area (Å²) in [7, 11) is 1.94. The highest BCUT2D eigenvalue weighted by atomic mass is 16.5. The summed E-state index contributed by atoms with van der Waals surface area (Å²) in [6, 6.07) is 8.68. The molecule has 0 aromatic heterocycles. The van der Waals surface area contributed by atoms with E-state index in [-0.39, 0.29) is 6.03 Å². The molecular formula is C20H32N2O2. The number of hydrogen-bond acceptors (Lipinski definition) is 2. The van der Waals surface area contributed by atoms with Crippen LogP contribution in [0.1, 0.15) is 63.0 Å². The number of hydrogen-bond donors (Lipinski definition) is 1. The predicted molar refractivity (Wildman–Crippen MR) is 97.9 cm³/mol. The lowest BCUT2D eigenvalue weighted by Gasteiger charge is -2.29. The molecule has 24 heavy (non-hydrogen) atoms. The van der Waals surface area contributed by atoms with Crippen LogP contribution in [-0.2, 0) is 17.9 Å². The summed E-state index contributed by atoms with van der Waals surface area (Å²) in [6.45, 7) is 3.94. The topological polar surface area (TPSA) is 41.6 Å². The van der Waals surface area contributed by atoms with Crippen LogP contribution in [-0.4, -0.2) is 30.6 Å². The molecule has 2 amide bonds. The van der Waals surface area contributed by atoms with Gasteiger partial charge >= 0.3 is 6.03 Å². The first-order chi connectivity index (χ1) is 11.7. The molecule has 1 N–H and O–H groups in total. The summed E-state index contributed by atoms with van der Waals surface area (Å²) in [6.07, 6.45) is 8.71. The van der Waals surface area contributed by atoms with E-state index in [1.807, 2.05) is 18.9 Å². The lowest BCUT2D eigenvalue weighted by atomic mass is 9.96. The van der Waals surface area contributed by atoms with Crippen molar-refractivity contribution in [3.05, 3.63) is 35.4 Å². The Hall–Kier alpha value is -1.55. The number of nitrogens with zero attached hydrogens (tertiary/aromatic N) is 1. The SMILES string of the molecule is CCOCc1ccc(CNC(=O)N(C)C2CCCCCCC2)cc1. The summed E-state index contributed by atoms with van der Waals surface area (Å²) < 4.78 is 5.40. The zero-order valence-corrected chi connectivity index (χ0v) is 15.2. The molecule has 0 unspecified atom stereocenters. The van der Waals surface area contributed by atoms with Gasteiger partial charge in [-0.3, -0.25) is 0 Å². The Balaban J connectivity index is 1.78. The Morgan fingerprint density at radius 3 is 2.29 bits per heavy atom. The van der Waals surface area contributed by atoms with Crippen molar-refractivity contribution in [3.8, 4) is 0 Å². The second-order valence-electron chi connectivity index (χ2n) is 6.72. The van der Waals surface area contributed by atoms with Crippen molar-refractivity contribution >= 4 is 6.03 Å². The Bertz CT molecular complexity index is 479. The van der Waals surface area contributed by atoms with E-state index in [2.05, 4.69) is 29.6 Å². The number of amides is 2. The summed E-state index contributed by atoms with van der Waals surface area (Å²) in [5.74, 6) is 0. The fourth-order valence-corrected chi connectivity index (χ4v) is 3.26. The number of nitrogens with one attached hydrogen (secondary N) is 1. The molecule has 1 aromatic carbocycles. The summed E-state index contributed by atoms with van der Waals surface area (Å²) in [5.41, 5.74) is 2.29. The van der Waals surface area contributed by atoms with Crippen LogP contribution in [0, 0.1) is 0 Å². The molecule has 4 nitrogen and oxygen atoms in total. The molecule has 2 rings (SSSR count). The molecule has 0 spiro atoms. The predicted octanol–water partition coefficient (Wildman–Crippen LogP) is 4.48. The second kappa shape index (κ2) is 10.3. The molecule has 0 aliphatic heterocycles. The maximum Gasteiger partial charge on any atom is 0.317 e. The second-order valence-corrected chi connectivity index (χ2v) is 6.72. The molecule has 1 saturated carbocycles. The minimum absolute atomic E-state index is 0.0407. The van der Waals surface area contributed by atoms with Gasteiger partial charge in [0.2, 0.25) is 0 Å². The number of carbonyl (C=O) groups is 1. The van der Waals surface area contributed by atoms with E-state index in [0.29, 0.717) is 19.2 Å². The number of carbonyl (C=O) groups excluding carboxylic acids is 1. The first kappa shape index (κ1) is 18.8. The zero-order valence-electron chi connectivity index (χ0n) is 15.2. The van der Waals surface area contributed by atoms with Crippen molar-refractivity contribution < 1.29 is 9.53 Å². The van der Waals surface area contributed by atoms with Gasteiger partial charge in [-0.25, -0.2) is 4.79 Å². The van der Waals surface area contributed by atoms with Gasteiger partial charge in [0.25, 0.3) is 0 Å². The molecule has 0 bridgehead atoms. The Labute approximate surface area is 146 Å². The molecule has 0 heterocycles. The highest BCUT2D eigenvalue weighted by Crippen LogP contribution is 2.20. The van der Waals surface area contributed by atoms with Gasteiger partial charge < -0.3 is 15.0 Å². The zero-order chi connectivity index (χ0) is 17.2. The van der Waals surface area contributed by atoms with E-state index >= 15 is 0 Å². The van der Waals surface area contributed by atoms with Crippen LogP contribution in [0.25, 0.3) is 0 Å². The number of ether oxygens (including phenoxy) is 1. The van der Waals surface area contributed by atoms with Crippen molar-refractivity contribution in [3.63, 3.8) is 0 Å². The van der Waals surface area contributed by atoms with Crippen LogP contribution in [0.15, 0.2) is 24.3 Å². The molecule has 4 heteroatoms. The van der Waals surface area contributed by atoms with Crippen molar-refractivity contribution in [1.29, 1.82) is 0 Å². The van der Waals surface area contributed by atoms with Crippen LogP contribution in [0.2, 0.25) is 0 Å². The molecule has 0 atom stereocenters. The average molecular weight is 332 g/mol. The van der Waals surface area contributed by atoms with Gasteiger partial charge in [-0.05, 0) is 30.9 Å². The van der Waals surface area contributed by atoms with Crippen LogP contribution < -0.4 is 5.32 Å². The van der Waals surface area contributed by atoms with E-state index in [4.69, 9.17) is 4.74 Å². The highest BCUT2D eigenvalue weighted by molar-refractivity contribution is 5.74. The Kier molecular flexibility index (Phi) is 8.10. The average Bonchev–Trinajstić information content (AvgIpc) is 2.58. The molecule has 1 aliphatic carbocycles. The van der Waals surface area contributed by atoms with E-state index in [9.17, 15) is 4.79 Å². The number of urea groups is 1. The number of rotatable bonds is 6. The molecule has 0 saturated heterocycles. The fourth-order valence-electron chi connectivity index (χ4n) is 3.26. The third kappa shape index (κ3) is 6.16. The monoisotopic (exact) mass is 332 g/mol. The number of benzene rings is 1. The quantitative estimate of drug-likeness (QED) is 0.834. The minimum atomic E-state index is 0.0407. The fraction of sp³-hybridized carbons (Fsp3) is 0.650. The van der Waals surface area contributed by atoms with E-state index in [1.54, 1.807) is 0 Å². The first-order valence-corrected chi connectivity index (χ1v) is 9.37. The minimum Gasteiger partial charge on any atom is -0.377 e.